The van der Waals surface area contributed by atoms with Gasteiger partial charge in [-0.15, -0.1) is 0 Å². The minimum Gasteiger partial charge on any atom is -0.339 e. The molecule has 1 saturated heterocycles. The van der Waals surface area contributed by atoms with Crippen LogP contribution in [0.3, 0.4) is 0 Å². The van der Waals surface area contributed by atoms with Crippen molar-refractivity contribution in [1.29, 1.82) is 0 Å². The topological polar surface area (TPSA) is 54.5 Å². The lowest BCUT2D eigenvalue weighted by atomic mass is 9.90. The van der Waals surface area contributed by atoms with Gasteiger partial charge in [0.2, 0.25) is 9.84 Å². The molecule has 1 fully saturated rings. The molecule has 2 aromatic rings. The van der Waals surface area contributed by atoms with Crippen LogP contribution in [0.4, 0.5) is 8.78 Å². The van der Waals surface area contributed by atoms with Crippen LogP contribution in [0.15, 0.2) is 59.5 Å². The summed E-state index contributed by atoms with van der Waals surface area (Å²) < 4.78 is 48.1. The number of benzene rings is 2. The summed E-state index contributed by atoms with van der Waals surface area (Å²) in [4.78, 5) is 13.8. The maximum absolute atomic E-state index is 12.6. The molecular formula is C20H21F2NO3S. The van der Waals surface area contributed by atoms with Gasteiger partial charge < -0.3 is 4.90 Å². The van der Waals surface area contributed by atoms with Crippen LogP contribution < -0.4 is 0 Å². The zero-order chi connectivity index (χ0) is 19.4. The smallest absolute Gasteiger partial charge is 0.339 e. The fourth-order valence-electron chi connectivity index (χ4n) is 3.36. The second kappa shape index (κ2) is 8.17. The van der Waals surface area contributed by atoms with Crippen molar-refractivity contribution in [3.63, 3.8) is 0 Å². The largest absolute Gasteiger partial charge is 0.341 e. The van der Waals surface area contributed by atoms with Crippen LogP contribution >= 0.6 is 0 Å². The van der Waals surface area contributed by atoms with Crippen LogP contribution in [0.1, 0.15) is 28.8 Å². The van der Waals surface area contributed by atoms with Crippen LogP contribution in [0.25, 0.3) is 0 Å². The number of amides is 1. The summed E-state index contributed by atoms with van der Waals surface area (Å²) >= 11 is 0. The Morgan fingerprint density at radius 3 is 2.15 bits per heavy atom. The minimum absolute atomic E-state index is 0.200. The first kappa shape index (κ1) is 19.5. The average Bonchev–Trinajstić information content (AvgIpc) is 2.69. The number of likely N-dealkylation sites (tertiary alicyclic amines) is 1. The van der Waals surface area contributed by atoms with Gasteiger partial charge in [-0.3, -0.25) is 4.79 Å². The maximum atomic E-state index is 12.6. The fraction of sp³-hybridized carbons (Fsp3) is 0.350. The minimum atomic E-state index is -4.64. The molecule has 0 unspecified atom stereocenters. The third kappa shape index (κ3) is 4.53. The van der Waals surface area contributed by atoms with Gasteiger partial charge in [-0.2, -0.15) is 8.78 Å². The molecule has 27 heavy (non-hydrogen) atoms. The average molecular weight is 393 g/mol. The van der Waals surface area contributed by atoms with E-state index in [1.807, 2.05) is 18.2 Å². The van der Waals surface area contributed by atoms with Gasteiger partial charge in [0.25, 0.3) is 5.91 Å². The van der Waals surface area contributed by atoms with Gasteiger partial charge in [-0.05, 0) is 55.0 Å². The van der Waals surface area contributed by atoms with E-state index < -0.39 is 20.5 Å². The van der Waals surface area contributed by atoms with Gasteiger partial charge >= 0.3 is 5.76 Å². The molecule has 0 atom stereocenters. The van der Waals surface area contributed by atoms with E-state index in [0.717, 1.165) is 31.4 Å². The summed E-state index contributed by atoms with van der Waals surface area (Å²) in [6.45, 7) is 1.26. The van der Waals surface area contributed by atoms with Crippen LogP contribution in [-0.4, -0.2) is 38.1 Å². The summed E-state index contributed by atoms with van der Waals surface area (Å²) in [6.07, 6.45) is 2.79. The number of piperidine rings is 1. The molecule has 0 N–H and O–H groups in total. The predicted molar refractivity (Wildman–Crippen MR) is 98.4 cm³/mol. The Morgan fingerprint density at radius 2 is 1.59 bits per heavy atom. The molecule has 0 aliphatic carbocycles. The summed E-state index contributed by atoms with van der Waals surface area (Å²) in [7, 11) is -4.64. The summed E-state index contributed by atoms with van der Waals surface area (Å²) in [6, 6.07) is 15.0. The number of nitrogens with zero attached hydrogens (tertiary/aromatic N) is 1. The van der Waals surface area contributed by atoms with Gasteiger partial charge in [0.1, 0.15) is 0 Å². The molecule has 2 aromatic carbocycles. The number of halogens is 2. The Labute approximate surface area is 157 Å². The lowest BCUT2D eigenvalue weighted by Crippen LogP contribution is -2.38. The number of hydrogen-bond donors (Lipinski definition) is 0. The van der Waals surface area contributed by atoms with Crippen molar-refractivity contribution in [3.05, 3.63) is 65.7 Å². The molecule has 0 aromatic heterocycles. The first-order valence-electron chi connectivity index (χ1n) is 8.83. The molecule has 0 spiro atoms. The van der Waals surface area contributed by atoms with Gasteiger partial charge in [-0.1, -0.05) is 30.3 Å². The maximum Gasteiger partial charge on any atom is 0.341 e. The number of sulfone groups is 1. The first-order chi connectivity index (χ1) is 12.9. The zero-order valence-corrected chi connectivity index (χ0v) is 15.5. The number of hydrogen-bond acceptors (Lipinski definition) is 3. The summed E-state index contributed by atoms with van der Waals surface area (Å²) in [5.74, 6) is -3.15. The number of rotatable bonds is 5. The highest BCUT2D eigenvalue weighted by Crippen LogP contribution is 2.24. The van der Waals surface area contributed by atoms with Crippen molar-refractivity contribution < 1.29 is 22.0 Å². The van der Waals surface area contributed by atoms with E-state index in [-0.39, 0.29) is 5.91 Å². The van der Waals surface area contributed by atoms with Crippen LogP contribution in [0, 0.1) is 5.92 Å². The highest BCUT2D eigenvalue weighted by atomic mass is 32.2. The van der Waals surface area contributed by atoms with Crippen molar-refractivity contribution in [2.45, 2.75) is 29.9 Å². The molecule has 7 heteroatoms. The quantitative estimate of drug-likeness (QED) is 0.777. The third-order valence-corrected chi connectivity index (χ3v) is 6.33. The van der Waals surface area contributed by atoms with Gasteiger partial charge in [0, 0.05) is 18.7 Å². The molecule has 1 aliphatic rings. The van der Waals surface area contributed by atoms with Crippen LogP contribution in [0.2, 0.25) is 0 Å². The molecule has 1 heterocycles. The van der Waals surface area contributed by atoms with Crippen molar-refractivity contribution >= 4 is 15.7 Å². The SMILES string of the molecule is O=C(c1ccc(S(=O)(=O)C(F)F)cc1)N1CCC(Cc2ccccc2)CC1. The Morgan fingerprint density at radius 1 is 1.00 bits per heavy atom. The Kier molecular flexibility index (Phi) is 5.89. The van der Waals surface area contributed by atoms with Crippen molar-refractivity contribution in [2.24, 2.45) is 5.92 Å². The number of carbonyl (C=O) groups is 1. The van der Waals surface area contributed by atoms with E-state index in [2.05, 4.69) is 12.1 Å². The fourth-order valence-corrected chi connectivity index (χ4v) is 4.08. The van der Waals surface area contributed by atoms with Gasteiger partial charge in [0.15, 0.2) is 0 Å². The van der Waals surface area contributed by atoms with E-state index in [1.54, 1.807) is 4.90 Å². The molecular weight excluding hydrogens is 372 g/mol. The lowest BCUT2D eigenvalue weighted by Gasteiger charge is -2.32. The second-order valence-electron chi connectivity index (χ2n) is 6.76. The lowest BCUT2D eigenvalue weighted by molar-refractivity contribution is 0.0690. The highest BCUT2D eigenvalue weighted by Gasteiger charge is 2.27. The monoisotopic (exact) mass is 393 g/mol. The molecule has 1 aliphatic heterocycles. The molecule has 144 valence electrons. The van der Waals surface area contributed by atoms with E-state index in [0.29, 0.717) is 24.6 Å². The molecule has 1 amide bonds. The van der Waals surface area contributed by atoms with E-state index in [4.69, 9.17) is 0 Å². The Bertz CT molecular complexity index is 875. The Balaban J connectivity index is 1.59. The highest BCUT2D eigenvalue weighted by molar-refractivity contribution is 7.91. The van der Waals surface area contributed by atoms with Crippen molar-refractivity contribution in [1.82, 2.24) is 4.90 Å². The zero-order valence-electron chi connectivity index (χ0n) is 14.7. The Hall–Kier alpha value is -2.28. The normalized spacial score (nSPS) is 15.9. The summed E-state index contributed by atoms with van der Waals surface area (Å²) in [5.41, 5.74) is 1.60. The predicted octanol–water partition coefficient (Wildman–Crippen LogP) is 3.78. The molecule has 0 radical (unpaired) electrons. The summed E-state index contributed by atoms with van der Waals surface area (Å²) in [5, 5.41) is 0. The molecule has 0 bridgehead atoms. The van der Waals surface area contributed by atoms with Crippen LogP contribution in [-0.2, 0) is 16.3 Å². The molecule has 3 rings (SSSR count). The third-order valence-electron chi connectivity index (χ3n) is 4.93. The first-order valence-corrected chi connectivity index (χ1v) is 10.4. The van der Waals surface area contributed by atoms with Gasteiger partial charge in [-0.25, -0.2) is 8.42 Å². The molecule has 0 saturated carbocycles. The van der Waals surface area contributed by atoms with E-state index >= 15 is 0 Å². The number of carbonyl (C=O) groups excluding carboxylic acids is 1. The number of alkyl halides is 2. The van der Waals surface area contributed by atoms with Crippen molar-refractivity contribution in [3.8, 4) is 0 Å². The standard InChI is InChI=1S/C20H21F2NO3S/c21-20(22)27(25,26)18-8-6-17(7-9-18)19(24)23-12-10-16(11-13-23)14-15-4-2-1-3-5-15/h1-9,16,20H,10-14H2. The molecule has 4 nitrogen and oxygen atoms in total. The van der Waals surface area contributed by atoms with E-state index in [1.165, 1.54) is 17.7 Å². The van der Waals surface area contributed by atoms with Crippen molar-refractivity contribution in [2.75, 3.05) is 13.1 Å². The second-order valence-corrected chi connectivity index (χ2v) is 8.67. The van der Waals surface area contributed by atoms with E-state index in [9.17, 15) is 22.0 Å². The van der Waals surface area contributed by atoms with Gasteiger partial charge in [0.05, 0.1) is 4.90 Å². The van der Waals surface area contributed by atoms with Crippen LogP contribution in [0.5, 0.6) is 0 Å².